The van der Waals surface area contributed by atoms with Crippen LogP contribution in [-0.2, 0) is 12.6 Å². The Balaban J connectivity index is 1.83. The number of hydrogen-bond acceptors (Lipinski definition) is 3. The lowest BCUT2D eigenvalue weighted by Crippen LogP contribution is -2.45. The van der Waals surface area contributed by atoms with Gasteiger partial charge in [0.2, 0.25) is 0 Å². The Hall–Kier alpha value is -3.52. The fraction of sp³-hybridized carbons (Fsp3) is 0.321. The minimum Gasteiger partial charge on any atom is -0.396 e. The van der Waals surface area contributed by atoms with Crippen LogP contribution in [0.3, 0.4) is 0 Å². The zero-order valence-electron chi connectivity index (χ0n) is 20.3. The van der Waals surface area contributed by atoms with Gasteiger partial charge in [-0.1, -0.05) is 42.5 Å². The Bertz CT molecular complexity index is 1230. The van der Waals surface area contributed by atoms with Crippen molar-refractivity contribution in [2.45, 2.75) is 31.0 Å². The van der Waals surface area contributed by atoms with Crippen molar-refractivity contribution >= 4 is 11.7 Å². The third-order valence-corrected chi connectivity index (χ3v) is 6.91. The van der Waals surface area contributed by atoms with Gasteiger partial charge < -0.3 is 20.6 Å². The molecule has 3 aromatic carbocycles. The second-order valence-corrected chi connectivity index (χ2v) is 9.28. The number of carbonyl (C=O) groups is 1. The van der Waals surface area contributed by atoms with Crippen LogP contribution in [0.25, 0.3) is 11.1 Å². The third-order valence-electron chi connectivity index (χ3n) is 6.91. The first-order chi connectivity index (χ1) is 17.1. The number of halogens is 3. The molecule has 3 aromatic rings. The van der Waals surface area contributed by atoms with E-state index in [1.54, 1.807) is 4.90 Å². The number of primary amides is 1. The van der Waals surface area contributed by atoms with Crippen molar-refractivity contribution in [1.82, 2.24) is 4.90 Å². The molecule has 0 fully saturated rings. The lowest BCUT2D eigenvalue weighted by molar-refractivity contribution is -0.137. The predicted octanol–water partition coefficient (Wildman–Crippen LogP) is 5.58. The topological polar surface area (TPSA) is 69.8 Å². The SMILES string of the molecule is CN(C)c1cccc(C(CCO)C2c3cccc(-c4ccc(C(F)(F)F)cc4)c3CCN2C(N)=O)c1. The lowest BCUT2D eigenvalue weighted by Gasteiger charge is -2.42. The predicted molar refractivity (Wildman–Crippen MR) is 135 cm³/mol. The smallest absolute Gasteiger partial charge is 0.396 e. The maximum Gasteiger partial charge on any atom is 0.416 e. The molecule has 5 nitrogen and oxygen atoms in total. The van der Waals surface area contributed by atoms with Gasteiger partial charge in [0.25, 0.3) is 0 Å². The monoisotopic (exact) mass is 497 g/mol. The molecule has 0 aromatic heterocycles. The molecule has 190 valence electrons. The van der Waals surface area contributed by atoms with Gasteiger partial charge in [0, 0.05) is 38.9 Å². The second-order valence-electron chi connectivity index (χ2n) is 9.28. The average molecular weight is 498 g/mol. The largest absolute Gasteiger partial charge is 0.416 e. The van der Waals surface area contributed by atoms with Gasteiger partial charge in [-0.25, -0.2) is 4.79 Å². The number of nitrogens with two attached hydrogens (primary N) is 1. The van der Waals surface area contributed by atoms with E-state index in [1.165, 1.54) is 12.1 Å². The van der Waals surface area contributed by atoms with E-state index in [-0.39, 0.29) is 12.5 Å². The van der Waals surface area contributed by atoms with Crippen molar-refractivity contribution in [1.29, 1.82) is 0 Å². The van der Waals surface area contributed by atoms with Crippen LogP contribution < -0.4 is 10.6 Å². The van der Waals surface area contributed by atoms with E-state index in [4.69, 9.17) is 5.73 Å². The molecule has 0 spiro atoms. The summed E-state index contributed by atoms with van der Waals surface area (Å²) in [4.78, 5) is 16.2. The van der Waals surface area contributed by atoms with Crippen LogP contribution in [0.1, 0.15) is 40.6 Å². The van der Waals surface area contributed by atoms with E-state index in [0.717, 1.165) is 40.1 Å². The van der Waals surface area contributed by atoms with Gasteiger partial charge in [-0.05, 0) is 64.9 Å². The summed E-state index contributed by atoms with van der Waals surface area (Å²) in [6.45, 7) is 0.299. The number of hydrogen-bond donors (Lipinski definition) is 2. The number of aliphatic hydroxyl groups is 1. The highest BCUT2D eigenvalue weighted by molar-refractivity contribution is 5.75. The highest BCUT2D eigenvalue weighted by Crippen LogP contribution is 2.45. The summed E-state index contributed by atoms with van der Waals surface area (Å²) in [5.74, 6) is -0.232. The van der Waals surface area contributed by atoms with Crippen LogP contribution in [0, 0.1) is 0 Å². The molecular formula is C28H30F3N3O2. The molecule has 36 heavy (non-hydrogen) atoms. The summed E-state index contributed by atoms with van der Waals surface area (Å²) in [6, 6.07) is 17.9. The second kappa shape index (κ2) is 10.2. The van der Waals surface area contributed by atoms with E-state index in [1.807, 2.05) is 61.5 Å². The molecular weight excluding hydrogens is 467 g/mol. The molecule has 1 aliphatic heterocycles. The summed E-state index contributed by atoms with van der Waals surface area (Å²) in [6.07, 6.45) is -3.47. The quantitative estimate of drug-likeness (QED) is 0.467. The van der Waals surface area contributed by atoms with Crippen LogP contribution in [-0.4, -0.2) is 43.3 Å². The van der Waals surface area contributed by atoms with Gasteiger partial charge in [-0.2, -0.15) is 13.2 Å². The maximum atomic E-state index is 13.1. The molecule has 0 saturated carbocycles. The first-order valence-electron chi connectivity index (χ1n) is 11.9. The zero-order chi connectivity index (χ0) is 26.0. The number of rotatable bonds is 6. The standard InChI is InChI=1S/C28H30F3N3O2/c1-33(2)21-6-3-5-19(17-21)23(14-16-35)26-25-8-4-7-22(24(25)13-15-34(26)27(32)36)18-9-11-20(12-10-18)28(29,30)31/h3-12,17,23,26,35H,13-16H2,1-2H3,(H2,32,36). The molecule has 4 rings (SSSR count). The van der Waals surface area contributed by atoms with Crippen LogP contribution in [0.15, 0.2) is 66.7 Å². The molecule has 1 heterocycles. The maximum absolute atomic E-state index is 13.1. The summed E-state index contributed by atoms with van der Waals surface area (Å²) in [5.41, 5.74) is 10.5. The van der Waals surface area contributed by atoms with Crippen LogP contribution in [0.2, 0.25) is 0 Å². The number of benzene rings is 3. The van der Waals surface area contributed by atoms with Gasteiger partial charge in [0.1, 0.15) is 0 Å². The fourth-order valence-corrected chi connectivity index (χ4v) is 5.17. The molecule has 3 N–H and O–H groups in total. The number of alkyl halides is 3. The van der Waals surface area contributed by atoms with Crippen molar-refractivity contribution in [3.63, 3.8) is 0 Å². The van der Waals surface area contributed by atoms with Gasteiger partial charge in [-0.15, -0.1) is 0 Å². The Morgan fingerprint density at radius 3 is 2.42 bits per heavy atom. The molecule has 2 atom stereocenters. The normalized spacial score (nSPS) is 16.4. The molecule has 0 aliphatic carbocycles. The van der Waals surface area contributed by atoms with Crippen LogP contribution >= 0.6 is 0 Å². The number of urea groups is 1. The lowest BCUT2D eigenvalue weighted by atomic mass is 9.77. The third kappa shape index (κ3) is 5.04. The van der Waals surface area contributed by atoms with Gasteiger partial charge in [0.05, 0.1) is 11.6 Å². The first kappa shape index (κ1) is 25.6. The summed E-state index contributed by atoms with van der Waals surface area (Å²) < 4.78 is 39.3. The van der Waals surface area contributed by atoms with Gasteiger partial charge >= 0.3 is 12.2 Å². The number of aliphatic hydroxyl groups excluding tert-OH is 1. The molecule has 1 aliphatic rings. The van der Waals surface area contributed by atoms with E-state index in [9.17, 15) is 23.1 Å². The van der Waals surface area contributed by atoms with Gasteiger partial charge in [-0.3, -0.25) is 0 Å². The molecule has 0 saturated heterocycles. The van der Waals surface area contributed by atoms with Crippen LogP contribution in [0.5, 0.6) is 0 Å². The van der Waals surface area contributed by atoms with E-state index < -0.39 is 23.8 Å². The first-order valence-corrected chi connectivity index (χ1v) is 11.9. The highest BCUT2D eigenvalue weighted by Gasteiger charge is 2.37. The van der Waals surface area contributed by atoms with E-state index >= 15 is 0 Å². The number of amides is 2. The summed E-state index contributed by atoms with van der Waals surface area (Å²) in [7, 11) is 3.89. The average Bonchev–Trinajstić information content (AvgIpc) is 2.86. The number of nitrogens with zero attached hydrogens (tertiary/aromatic N) is 2. The highest BCUT2D eigenvalue weighted by atomic mass is 19.4. The Labute approximate surface area is 209 Å². The zero-order valence-corrected chi connectivity index (χ0v) is 20.3. The minimum atomic E-state index is -4.40. The Morgan fingerprint density at radius 1 is 1.11 bits per heavy atom. The number of anilines is 1. The van der Waals surface area contributed by atoms with Crippen molar-refractivity contribution < 1.29 is 23.1 Å². The van der Waals surface area contributed by atoms with Crippen molar-refractivity contribution in [2.75, 3.05) is 32.1 Å². The van der Waals surface area contributed by atoms with Crippen molar-refractivity contribution in [2.24, 2.45) is 5.73 Å². The Kier molecular flexibility index (Phi) is 7.26. The molecule has 8 heteroatoms. The molecule has 0 radical (unpaired) electrons. The van der Waals surface area contributed by atoms with Crippen molar-refractivity contribution in [3.8, 4) is 11.1 Å². The van der Waals surface area contributed by atoms with Gasteiger partial charge in [0.15, 0.2) is 0 Å². The van der Waals surface area contributed by atoms with Crippen LogP contribution in [0.4, 0.5) is 23.7 Å². The van der Waals surface area contributed by atoms with Crippen molar-refractivity contribution in [3.05, 3.63) is 89.0 Å². The Morgan fingerprint density at radius 2 is 1.81 bits per heavy atom. The van der Waals surface area contributed by atoms with E-state index in [2.05, 4.69) is 0 Å². The summed E-state index contributed by atoms with van der Waals surface area (Å²) >= 11 is 0. The summed E-state index contributed by atoms with van der Waals surface area (Å²) in [5, 5.41) is 9.97. The number of carbonyl (C=O) groups excluding carboxylic acids is 1. The fourth-order valence-electron chi connectivity index (χ4n) is 5.17. The molecule has 2 unspecified atom stereocenters. The molecule has 0 bridgehead atoms. The van der Waals surface area contributed by atoms with E-state index in [0.29, 0.717) is 24.9 Å². The number of fused-ring (bicyclic) bond motifs is 1. The minimum absolute atomic E-state index is 0.0755. The molecule has 2 amide bonds.